The first-order chi connectivity index (χ1) is 12.5. The number of halogens is 2. The number of nitrogens with zero attached hydrogens (tertiary/aromatic N) is 2. The maximum absolute atomic E-state index is 14.0. The van der Waals surface area contributed by atoms with Gasteiger partial charge in [0.05, 0.1) is 21.6 Å². The molecule has 0 atom stereocenters. The van der Waals surface area contributed by atoms with Gasteiger partial charge in [0, 0.05) is 19.0 Å². The zero-order valence-corrected chi connectivity index (χ0v) is 15.2. The highest BCUT2D eigenvalue weighted by atomic mass is 35.5. The van der Waals surface area contributed by atoms with Gasteiger partial charge in [-0.15, -0.1) is 0 Å². The van der Waals surface area contributed by atoms with Crippen LogP contribution in [0.25, 0.3) is 11.0 Å². The maximum Gasteiger partial charge on any atom is 0.258 e. The smallest absolute Gasteiger partial charge is 0.258 e. The lowest BCUT2D eigenvalue weighted by Crippen LogP contribution is -2.38. The third-order valence-corrected chi connectivity index (χ3v) is 5.32. The Morgan fingerprint density at radius 3 is 2.77 bits per heavy atom. The summed E-state index contributed by atoms with van der Waals surface area (Å²) in [6.07, 6.45) is 1.58. The molecular formula is C20H19ClFN3O. The molecule has 0 spiro atoms. The highest BCUT2D eigenvalue weighted by Crippen LogP contribution is 2.30. The summed E-state index contributed by atoms with van der Waals surface area (Å²) >= 11 is 6.02. The molecule has 1 aromatic heterocycles. The van der Waals surface area contributed by atoms with Crippen molar-refractivity contribution in [3.8, 4) is 0 Å². The molecule has 26 heavy (non-hydrogen) atoms. The Bertz CT molecular complexity index is 956. The van der Waals surface area contributed by atoms with Gasteiger partial charge in [-0.2, -0.15) is 0 Å². The maximum atomic E-state index is 14.0. The first-order valence-electron chi connectivity index (χ1n) is 8.72. The monoisotopic (exact) mass is 371 g/mol. The van der Waals surface area contributed by atoms with E-state index < -0.39 is 5.82 Å². The molecule has 1 aliphatic heterocycles. The zero-order valence-electron chi connectivity index (χ0n) is 14.4. The summed E-state index contributed by atoms with van der Waals surface area (Å²) in [6.45, 7) is 3.17. The fraction of sp³-hybridized carbons (Fsp3) is 0.300. The number of carbonyl (C=O) groups is 1. The van der Waals surface area contributed by atoms with Crippen molar-refractivity contribution in [3.05, 3.63) is 64.2 Å². The van der Waals surface area contributed by atoms with Crippen LogP contribution in [0.3, 0.4) is 0 Å². The lowest BCUT2D eigenvalue weighted by atomic mass is 9.95. The van der Waals surface area contributed by atoms with Crippen LogP contribution in [0.15, 0.2) is 36.4 Å². The number of carbonyl (C=O) groups excluding carboxylic acids is 1. The lowest BCUT2D eigenvalue weighted by molar-refractivity contribution is 0.0706. The Morgan fingerprint density at radius 1 is 1.27 bits per heavy atom. The number of nitrogens with one attached hydrogen (secondary N) is 1. The minimum Gasteiger partial charge on any atom is -0.342 e. The predicted molar refractivity (Wildman–Crippen MR) is 100 cm³/mol. The molecule has 4 nitrogen and oxygen atoms in total. The molecule has 0 bridgehead atoms. The van der Waals surface area contributed by atoms with E-state index in [2.05, 4.69) is 18.0 Å². The number of aromatic nitrogens is 2. The lowest BCUT2D eigenvalue weighted by Gasteiger charge is -2.31. The van der Waals surface area contributed by atoms with Gasteiger partial charge >= 0.3 is 0 Å². The molecular weight excluding hydrogens is 353 g/mol. The molecule has 134 valence electrons. The van der Waals surface area contributed by atoms with Gasteiger partial charge in [0.25, 0.3) is 5.91 Å². The number of benzene rings is 2. The van der Waals surface area contributed by atoms with Crippen molar-refractivity contribution in [2.75, 3.05) is 13.1 Å². The van der Waals surface area contributed by atoms with Crippen LogP contribution in [0.1, 0.15) is 40.5 Å². The Kier molecular flexibility index (Phi) is 4.41. The Labute approximate surface area is 156 Å². The number of aryl methyl sites for hydroxylation is 1. The molecule has 1 saturated heterocycles. The van der Waals surface area contributed by atoms with Crippen LogP contribution >= 0.6 is 11.6 Å². The number of fused-ring (bicyclic) bond motifs is 1. The molecule has 4 rings (SSSR count). The topological polar surface area (TPSA) is 49.0 Å². The molecule has 2 aromatic carbocycles. The Balaban J connectivity index is 1.49. The summed E-state index contributed by atoms with van der Waals surface area (Å²) in [5.41, 5.74) is 3.15. The van der Waals surface area contributed by atoms with E-state index in [1.165, 1.54) is 17.7 Å². The highest BCUT2D eigenvalue weighted by Gasteiger charge is 2.28. The fourth-order valence-corrected chi connectivity index (χ4v) is 3.80. The fourth-order valence-electron chi connectivity index (χ4n) is 3.55. The van der Waals surface area contributed by atoms with Gasteiger partial charge in [-0.3, -0.25) is 4.79 Å². The minimum absolute atomic E-state index is 0.0353. The molecule has 0 radical (unpaired) electrons. The van der Waals surface area contributed by atoms with Crippen LogP contribution in [0.4, 0.5) is 4.39 Å². The number of H-pyrrole nitrogens is 1. The molecule has 1 fully saturated rings. The van der Waals surface area contributed by atoms with Crippen LogP contribution in [0, 0.1) is 12.7 Å². The molecule has 6 heteroatoms. The molecule has 2 heterocycles. The minimum atomic E-state index is -0.572. The Hall–Kier alpha value is -2.40. The second-order valence-corrected chi connectivity index (χ2v) is 7.21. The van der Waals surface area contributed by atoms with E-state index in [0.29, 0.717) is 13.1 Å². The summed E-state index contributed by atoms with van der Waals surface area (Å²) in [5, 5.41) is 0.157. The van der Waals surface area contributed by atoms with E-state index in [9.17, 15) is 9.18 Å². The van der Waals surface area contributed by atoms with Crippen LogP contribution in [-0.4, -0.2) is 33.9 Å². The summed E-state index contributed by atoms with van der Waals surface area (Å²) < 4.78 is 14.0. The third-order valence-electron chi connectivity index (χ3n) is 5.00. The van der Waals surface area contributed by atoms with Crippen molar-refractivity contribution in [2.24, 2.45) is 0 Å². The number of amides is 1. The molecule has 3 aromatic rings. The SMILES string of the molecule is Cc1ccc2nc(C3CCN(C(=O)c4c(F)cccc4Cl)CC3)[nH]c2c1. The van der Waals surface area contributed by atoms with E-state index in [1.54, 1.807) is 11.0 Å². The molecule has 0 saturated carbocycles. The van der Waals surface area contributed by atoms with E-state index in [-0.39, 0.29) is 22.4 Å². The van der Waals surface area contributed by atoms with Gasteiger partial charge in [-0.1, -0.05) is 23.7 Å². The number of piperidine rings is 1. The van der Waals surface area contributed by atoms with Crippen LogP contribution in [0.5, 0.6) is 0 Å². The van der Waals surface area contributed by atoms with Gasteiger partial charge in [0.1, 0.15) is 11.6 Å². The first kappa shape index (κ1) is 17.0. The highest BCUT2D eigenvalue weighted by molar-refractivity contribution is 6.33. The van der Waals surface area contributed by atoms with Crippen molar-refractivity contribution in [2.45, 2.75) is 25.7 Å². The Morgan fingerprint density at radius 2 is 2.04 bits per heavy atom. The van der Waals surface area contributed by atoms with Gasteiger partial charge in [0.15, 0.2) is 0 Å². The summed E-state index contributed by atoms with van der Waals surface area (Å²) in [4.78, 5) is 22.4. The summed E-state index contributed by atoms with van der Waals surface area (Å²) in [6, 6.07) is 10.5. The van der Waals surface area contributed by atoms with Gasteiger partial charge in [-0.25, -0.2) is 9.37 Å². The van der Waals surface area contributed by atoms with Crippen LogP contribution in [0.2, 0.25) is 5.02 Å². The van der Waals surface area contributed by atoms with Crippen LogP contribution < -0.4 is 0 Å². The van der Waals surface area contributed by atoms with Crippen molar-refractivity contribution >= 4 is 28.5 Å². The van der Waals surface area contributed by atoms with Crippen molar-refractivity contribution in [1.82, 2.24) is 14.9 Å². The second kappa shape index (κ2) is 6.72. The quantitative estimate of drug-likeness (QED) is 0.710. The van der Waals surface area contributed by atoms with E-state index >= 15 is 0 Å². The van der Waals surface area contributed by atoms with Crippen molar-refractivity contribution < 1.29 is 9.18 Å². The summed E-state index contributed by atoms with van der Waals surface area (Å²) in [5.74, 6) is 0.313. The van der Waals surface area contributed by atoms with Gasteiger partial charge in [0.2, 0.25) is 0 Å². The third kappa shape index (κ3) is 3.07. The van der Waals surface area contributed by atoms with E-state index in [4.69, 9.17) is 16.6 Å². The second-order valence-electron chi connectivity index (χ2n) is 6.81. The number of hydrogen-bond donors (Lipinski definition) is 1. The van der Waals surface area contributed by atoms with Crippen molar-refractivity contribution in [3.63, 3.8) is 0 Å². The average molecular weight is 372 g/mol. The number of likely N-dealkylation sites (tertiary alicyclic amines) is 1. The zero-order chi connectivity index (χ0) is 18.3. The normalized spacial score (nSPS) is 15.6. The molecule has 1 amide bonds. The molecule has 0 unspecified atom stereocenters. The number of aromatic amines is 1. The largest absolute Gasteiger partial charge is 0.342 e. The number of hydrogen-bond acceptors (Lipinski definition) is 2. The van der Waals surface area contributed by atoms with E-state index in [1.807, 2.05) is 12.1 Å². The number of imidazole rings is 1. The molecule has 1 N–H and O–H groups in total. The standard InChI is InChI=1S/C20H19ClFN3O/c1-12-5-6-16-17(11-12)24-19(23-16)13-7-9-25(10-8-13)20(26)18-14(21)3-2-4-15(18)22/h2-6,11,13H,7-10H2,1H3,(H,23,24). The van der Waals surface area contributed by atoms with E-state index in [0.717, 1.165) is 29.7 Å². The molecule has 0 aliphatic carbocycles. The van der Waals surface area contributed by atoms with Gasteiger partial charge in [-0.05, 0) is 49.6 Å². The average Bonchev–Trinajstić information content (AvgIpc) is 3.04. The van der Waals surface area contributed by atoms with Crippen LogP contribution in [-0.2, 0) is 0 Å². The molecule has 1 aliphatic rings. The predicted octanol–water partition coefficient (Wildman–Crippen LogP) is 4.68. The van der Waals surface area contributed by atoms with Crippen molar-refractivity contribution in [1.29, 1.82) is 0 Å². The number of rotatable bonds is 2. The summed E-state index contributed by atoms with van der Waals surface area (Å²) in [7, 11) is 0. The first-order valence-corrected chi connectivity index (χ1v) is 9.10. The van der Waals surface area contributed by atoms with Gasteiger partial charge < -0.3 is 9.88 Å².